The van der Waals surface area contributed by atoms with Crippen LogP contribution in [0.2, 0.25) is 0 Å². The van der Waals surface area contributed by atoms with Gasteiger partial charge in [-0.1, -0.05) is 18.6 Å². The normalized spacial score (nSPS) is 14.8. The molecular weight excluding hydrogens is 1200 g/mol. The van der Waals surface area contributed by atoms with E-state index in [9.17, 15) is 48.3 Å². The van der Waals surface area contributed by atoms with Gasteiger partial charge in [0.05, 0.1) is 30.6 Å². The maximum Gasteiger partial charge on any atom is 0.227 e. The van der Waals surface area contributed by atoms with Crippen molar-refractivity contribution in [2.24, 2.45) is 128 Å². The molecule has 0 aromatic heterocycles. The van der Waals surface area contributed by atoms with Crippen LogP contribution in [0.1, 0.15) is 147 Å². The molecule has 8 atom stereocenters. The van der Waals surface area contributed by atoms with Crippen LogP contribution in [0.5, 0.6) is 5.75 Å². The minimum atomic E-state index is -1.32. The van der Waals surface area contributed by atoms with E-state index >= 15 is 0 Å². The van der Waals surface area contributed by atoms with E-state index in [1.165, 1.54) is 24.0 Å². The molecule has 1 fully saturated rings. The Kier molecular flexibility index (Phi) is 38.1. The second-order valence-electron chi connectivity index (χ2n) is 23.3. The van der Waals surface area contributed by atoms with Gasteiger partial charge in [0.1, 0.15) is 11.5 Å². The van der Waals surface area contributed by atoms with Gasteiger partial charge in [0.25, 0.3) is 0 Å². The lowest BCUT2D eigenvalue weighted by Gasteiger charge is -2.27. The van der Waals surface area contributed by atoms with Crippen LogP contribution in [0.4, 0.5) is 0 Å². The molecule has 4 amide bonds. The van der Waals surface area contributed by atoms with Crippen molar-refractivity contribution < 1.29 is 48.3 Å². The highest BCUT2D eigenvalue weighted by Crippen LogP contribution is 2.26. The number of phenolic OH excluding ortho intramolecular Hbond substituents is 1. The van der Waals surface area contributed by atoms with E-state index in [1.807, 2.05) is 0 Å². The number of phenols is 1. The van der Waals surface area contributed by atoms with Gasteiger partial charge in [-0.2, -0.15) is 0 Å². The van der Waals surface area contributed by atoms with E-state index in [0.717, 1.165) is 0 Å². The molecule has 1 aliphatic rings. The number of Topliss-reactive ketones (excluding diaryl/α,β-unsaturated/α-hetero) is 5. The summed E-state index contributed by atoms with van der Waals surface area (Å²) in [4.78, 5) is 154. The quantitative estimate of drug-likeness (QED) is 0.0173. The summed E-state index contributed by atoms with van der Waals surface area (Å²) < 4.78 is 0. The van der Waals surface area contributed by atoms with Gasteiger partial charge in [-0.25, -0.2) is 0 Å². The van der Waals surface area contributed by atoms with E-state index in [-0.39, 0.29) is 195 Å². The lowest BCUT2D eigenvalue weighted by atomic mass is 9.88. The number of nitrogens with zero attached hydrogens (tertiary/aromatic N) is 7. The van der Waals surface area contributed by atoms with Crippen LogP contribution >= 0.6 is 0 Å². The molecule has 2 rings (SSSR count). The summed E-state index contributed by atoms with van der Waals surface area (Å²) in [5.41, 5.74) is 73.5. The Labute approximate surface area is 544 Å². The maximum atomic E-state index is 14.9. The summed E-state index contributed by atoms with van der Waals surface area (Å²) >= 11 is 0. The van der Waals surface area contributed by atoms with Crippen LogP contribution < -0.4 is 90.5 Å². The minimum absolute atomic E-state index is 0.00536. The number of hydrogen-bond donors (Lipinski definition) is 17. The van der Waals surface area contributed by atoms with E-state index < -0.39 is 95.8 Å². The molecule has 33 nitrogen and oxygen atoms in total. The van der Waals surface area contributed by atoms with Crippen molar-refractivity contribution in [1.82, 2.24) is 20.9 Å². The Morgan fingerprint density at radius 2 is 0.785 bits per heavy atom. The van der Waals surface area contributed by atoms with Crippen LogP contribution in [-0.4, -0.2) is 175 Å². The number of nitrogens with one attached hydrogen (secondary N) is 3. The average molecular weight is 1310 g/mol. The fraction of sp³-hybridized carbons (Fsp3) is 0.650. The molecule has 1 aliphatic heterocycles. The van der Waals surface area contributed by atoms with Gasteiger partial charge < -0.3 is 100 Å². The summed E-state index contributed by atoms with van der Waals surface area (Å²) in [5.74, 6) is -9.78. The maximum absolute atomic E-state index is 14.9. The Balaban J connectivity index is 2.63. The zero-order valence-electron chi connectivity index (χ0n) is 53.9. The van der Waals surface area contributed by atoms with Crippen LogP contribution in [0.3, 0.4) is 0 Å². The summed E-state index contributed by atoms with van der Waals surface area (Å²) in [6.45, 7) is 2.51. The highest BCUT2D eigenvalue weighted by molar-refractivity contribution is 5.98. The van der Waals surface area contributed by atoms with E-state index in [1.54, 1.807) is 12.1 Å². The third-order valence-electron chi connectivity index (χ3n) is 15.7. The highest BCUT2D eigenvalue weighted by atomic mass is 16.3. The molecule has 0 unspecified atom stereocenters. The van der Waals surface area contributed by atoms with Crippen molar-refractivity contribution in [2.75, 3.05) is 52.4 Å². The minimum Gasteiger partial charge on any atom is -0.508 e. The van der Waals surface area contributed by atoms with Crippen molar-refractivity contribution in [3.05, 3.63) is 29.8 Å². The van der Waals surface area contributed by atoms with E-state index in [0.29, 0.717) is 50.8 Å². The fourth-order valence-corrected chi connectivity index (χ4v) is 10.7. The molecule has 0 radical (unpaired) electrons. The Bertz CT molecular complexity index is 2750. The molecule has 520 valence electrons. The molecule has 0 saturated carbocycles. The number of guanidine groups is 6. The number of carbonyl (C=O) groups is 9. The van der Waals surface area contributed by atoms with Crippen LogP contribution in [0.15, 0.2) is 54.2 Å². The van der Waals surface area contributed by atoms with Gasteiger partial charge in [0.15, 0.2) is 58.9 Å². The predicted molar refractivity (Wildman–Crippen MR) is 358 cm³/mol. The number of aliphatic imine (C=N–C) groups is 6. The van der Waals surface area contributed by atoms with Crippen LogP contribution in [0, 0.1) is 23.7 Å². The zero-order chi connectivity index (χ0) is 69.4. The molecule has 1 heterocycles. The molecule has 30 N–H and O–H groups in total. The number of carbonyl (C=O) groups excluding carboxylic acids is 9. The molecular formula is C60H105N23O10. The molecule has 1 saturated heterocycles. The monoisotopic (exact) mass is 1310 g/mol. The summed E-state index contributed by atoms with van der Waals surface area (Å²) in [7, 11) is 0. The van der Waals surface area contributed by atoms with Crippen molar-refractivity contribution >= 4 is 88.3 Å². The first-order valence-electron chi connectivity index (χ1n) is 31.7. The summed E-state index contributed by atoms with van der Waals surface area (Å²) in [6.07, 6.45) is 2.25. The molecule has 0 aliphatic carbocycles. The Hall–Kier alpha value is -9.17. The number of hydrogen-bond acceptors (Lipinski definition) is 17. The Morgan fingerprint density at radius 1 is 0.462 bits per heavy atom. The van der Waals surface area contributed by atoms with Crippen molar-refractivity contribution in [3.63, 3.8) is 0 Å². The first-order valence-corrected chi connectivity index (χ1v) is 31.7. The molecule has 33 heteroatoms. The molecule has 1 aromatic carbocycles. The van der Waals surface area contributed by atoms with Crippen LogP contribution in [-0.2, 0) is 49.6 Å². The number of unbranched alkanes of at least 4 members (excludes halogenated alkanes) is 1. The second kappa shape index (κ2) is 44.4. The number of amides is 4. The fourth-order valence-electron chi connectivity index (χ4n) is 10.7. The van der Waals surface area contributed by atoms with Gasteiger partial charge in [0, 0.05) is 95.2 Å². The SMILES string of the molecule is CC(=O)[C@H](CCCN=C(N)N)CC(=O)[C@H](CCCN=C(N)N)NC(=O)[C@H](CCCN=C(N)N)CC(=O)[C@H](CCCN=C(N)N)NC(=O)[C@H](CCCN=C(N)N)CC(=O)[C@H](CCCN=C(N)N)NC(=O)[C@H](CCCCN)CC(=O)[C@@H]1CCCN1C(=O)Cc1ccc(O)cc1. The predicted octanol–water partition coefficient (Wildman–Crippen LogP) is -3.28. The van der Waals surface area contributed by atoms with Gasteiger partial charge >= 0.3 is 0 Å². The molecule has 93 heavy (non-hydrogen) atoms. The molecule has 0 spiro atoms. The van der Waals surface area contributed by atoms with E-state index in [4.69, 9.17) is 74.5 Å². The lowest BCUT2D eigenvalue weighted by Crippen LogP contribution is -2.49. The molecule has 0 bridgehead atoms. The first kappa shape index (κ1) is 79.9. The van der Waals surface area contributed by atoms with Crippen molar-refractivity contribution in [3.8, 4) is 5.75 Å². The second-order valence-corrected chi connectivity index (χ2v) is 23.3. The van der Waals surface area contributed by atoms with Gasteiger partial charge in [-0.3, -0.25) is 73.1 Å². The number of ketones is 5. The highest BCUT2D eigenvalue weighted by Gasteiger charge is 2.38. The number of aromatic hydroxyl groups is 1. The lowest BCUT2D eigenvalue weighted by molar-refractivity contribution is -0.139. The third-order valence-corrected chi connectivity index (χ3v) is 15.7. The van der Waals surface area contributed by atoms with Gasteiger partial charge in [-0.05, 0) is 134 Å². The standard InChI is InChI=1S/C60H105N23O10/c1-36(84)38(12-4-24-74-55(62)63)32-47(86)43(15-7-27-77-58(68)69)80-53(92)40(13-5-25-75-56(64)65)33-49(88)45(17-9-29-79-60(72)73)82-54(93)41(14-6-26-76-57(66)67)34-48(87)44(16-8-28-78-59(70)71)81-52(91)39(11-2-3-23-61)35-50(89)46-18-10-30-83(46)51(90)31-37-19-21-42(85)22-20-37/h19-22,38-41,43-46,85H,2-18,23-35,61H2,1H3,(H,80,92)(H,81,91)(H,82,93)(H4,62,63,74)(H4,64,65,75)(H4,66,67,76)(H4,68,69,77)(H4,70,71,78)(H4,72,73,79)/t38-,39-,40-,41-,43+,44+,45+,46+/m1/s1. The largest absolute Gasteiger partial charge is 0.508 e. The van der Waals surface area contributed by atoms with Gasteiger partial charge in [0.2, 0.25) is 23.6 Å². The van der Waals surface area contributed by atoms with Crippen LogP contribution in [0.25, 0.3) is 0 Å². The Morgan fingerprint density at radius 3 is 1.13 bits per heavy atom. The van der Waals surface area contributed by atoms with Crippen molar-refractivity contribution in [2.45, 2.75) is 172 Å². The topological polar surface area (TPSA) is 626 Å². The first-order chi connectivity index (χ1) is 44.1. The van der Waals surface area contributed by atoms with E-state index in [2.05, 4.69) is 45.9 Å². The summed E-state index contributed by atoms with van der Waals surface area (Å²) in [6, 6.07) is 1.66. The summed E-state index contributed by atoms with van der Waals surface area (Å²) in [5, 5.41) is 18.3. The smallest absolute Gasteiger partial charge is 0.227 e. The number of nitrogens with two attached hydrogens (primary N) is 13. The number of likely N-dealkylation sites (tertiary alicyclic amines) is 1. The molecule has 1 aromatic rings. The number of benzene rings is 1. The number of rotatable bonds is 49. The third kappa shape index (κ3) is 34.2. The zero-order valence-corrected chi connectivity index (χ0v) is 53.9. The average Bonchev–Trinajstić information content (AvgIpc) is 1.88. The van der Waals surface area contributed by atoms with Gasteiger partial charge in [-0.15, -0.1) is 0 Å². The van der Waals surface area contributed by atoms with Crippen molar-refractivity contribution in [1.29, 1.82) is 0 Å².